The van der Waals surface area contributed by atoms with Crippen molar-refractivity contribution in [2.24, 2.45) is 5.73 Å². The lowest BCUT2D eigenvalue weighted by atomic mass is 9.77. The van der Waals surface area contributed by atoms with E-state index in [1.54, 1.807) is 11.4 Å². The van der Waals surface area contributed by atoms with Gasteiger partial charge in [0.15, 0.2) is 5.82 Å². The highest BCUT2D eigenvalue weighted by molar-refractivity contribution is 7.91. The van der Waals surface area contributed by atoms with Gasteiger partial charge in [-0.1, -0.05) is 11.2 Å². The molecule has 0 spiro atoms. The van der Waals surface area contributed by atoms with Crippen LogP contribution in [0, 0.1) is 0 Å². The van der Waals surface area contributed by atoms with Gasteiger partial charge in [0.05, 0.1) is 12.1 Å². The summed E-state index contributed by atoms with van der Waals surface area (Å²) in [6, 6.07) is 3.22. The Kier molecular flexibility index (Phi) is 4.69. The molecule has 0 radical (unpaired) electrons. The topological polar surface area (TPSA) is 111 Å². The molecule has 21 heavy (non-hydrogen) atoms. The lowest BCUT2D eigenvalue weighted by molar-refractivity contribution is 0.229. The van der Waals surface area contributed by atoms with E-state index in [9.17, 15) is 8.42 Å². The molecule has 2 aromatic heterocycles. The number of rotatable bonds is 5. The molecule has 0 unspecified atom stereocenters. The van der Waals surface area contributed by atoms with Gasteiger partial charge in [0.2, 0.25) is 5.89 Å². The van der Waals surface area contributed by atoms with Crippen LogP contribution < -0.4 is 10.5 Å². The van der Waals surface area contributed by atoms with Crippen LogP contribution >= 0.6 is 23.7 Å². The van der Waals surface area contributed by atoms with Gasteiger partial charge in [0.1, 0.15) is 4.21 Å². The van der Waals surface area contributed by atoms with Crippen molar-refractivity contribution >= 4 is 33.8 Å². The van der Waals surface area contributed by atoms with Crippen molar-refractivity contribution in [2.45, 2.75) is 35.6 Å². The Labute approximate surface area is 132 Å². The van der Waals surface area contributed by atoms with Gasteiger partial charge < -0.3 is 10.3 Å². The molecule has 0 aromatic carbocycles. The third-order valence-corrected chi connectivity index (χ3v) is 6.13. The molecule has 1 fully saturated rings. The van der Waals surface area contributed by atoms with E-state index in [4.69, 9.17) is 10.3 Å². The molecule has 0 atom stereocenters. The quantitative estimate of drug-likeness (QED) is 0.842. The first-order valence-corrected chi connectivity index (χ1v) is 8.51. The number of aromatic nitrogens is 2. The molecule has 2 aromatic rings. The lowest BCUT2D eigenvalue weighted by Crippen LogP contribution is -2.44. The molecule has 0 aliphatic heterocycles. The molecule has 0 amide bonds. The zero-order valence-corrected chi connectivity index (χ0v) is 13.4. The van der Waals surface area contributed by atoms with Gasteiger partial charge in [-0.3, -0.25) is 0 Å². The van der Waals surface area contributed by atoms with Crippen LogP contribution in [0.5, 0.6) is 0 Å². The first-order chi connectivity index (χ1) is 9.50. The number of hydrogen-bond donors (Lipinski definition) is 2. The van der Waals surface area contributed by atoms with E-state index in [-0.39, 0.29) is 29.1 Å². The van der Waals surface area contributed by atoms with Crippen LogP contribution in [0.2, 0.25) is 0 Å². The van der Waals surface area contributed by atoms with Crippen LogP contribution in [0.25, 0.3) is 0 Å². The zero-order valence-electron chi connectivity index (χ0n) is 11.0. The van der Waals surface area contributed by atoms with E-state index < -0.39 is 15.6 Å². The number of nitrogens with zero attached hydrogens (tertiary/aromatic N) is 2. The van der Waals surface area contributed by atoms with Crippen LogP contribution in [0.1, 0.15) is 31.0 Å². The maximum Gasteiger partial charge on any atom is 0.250 e. The van der Waals surface area contributed by atoms with E-state index in [2.05, 4.69) is 14.9 Å². The summed E-state index contributed by atoms with van der Waals surface area (Å²) < 4.78 is 31.6. The summed E-state index contributed by atoms with van der Waals surface area (Å²) in [4.78, 5) is 4.16. The largest absolute Gasteiger partial charge is 0.338 e. The third-order valence-electron chi connectivity index (χ3n) is 3.33. The van der Waals surface area contributed by atoms with Gasteiger partial charge >= 0.3 is 0 Å². The van der Waals surface area contributed by atoms with Gasteiger partial charge in [-0.05, 0) is 30.7 Å². The molecular formula is C11H15ClN4O3S2. The van der Waals surface area contributed by atoms with Crippen molar-refractivity contribution < 1.29 is 12.9 Å². The number of nitrogens with one attached hydrogen (secondary N) is 1. The molecule has 116 valence electrons. The molecule has 1 saturated carbocycles. The van der Waals surface area contributed by atoms with Crippen LogP contribution in [-0.4, -0.2) is 18.6 Å². The number of hydrogen-bond acceptors (Lipinski definition) is 7. The van der Waals surface area contributed by atoms with E-state index in [0.29, 0.717) is 5.82 Å². The smallest absolute Gasteiger partial charge is 0.250 e. The number of sulfonamides is 1. The van der Waals surface area contributed by atoms with E-state index in [1.807, 2.05) is 0 Å². The summed E-state index contributed by atoms with van der Waals surface area (Å²) in [6.45, 7) is -0.0384. The molecule has 3 rings (SSSR count). The normalized spacial score (nSPS) is 17.0. The van der Waals surface area contributed by atoms with Crippen molar-refractivity contribution in [3.63, 3.8) is 0 Å². The molecule has 1 aliphatic carbocycles. The van der Waals surface area contributed by atoms with Crippen LogP contribution in [-0.2, 0) is 22.1 Å². The molecule has 3 N–H and O–H groups in total. The van der Waals surface area contributed by atoms with Crippen molar-refractivity contribution in [2.75, 3.05) is 0 Å². The fourth-order valence-corrected chi connectivity index (χ4v) is 3.97. The van der Waals surface area contributed by atoms with E-state index in [1.165, 1.54) is 6.07 Å². The maximum absolute atomic E-state index is 11.9. The van der Waals surface area contributed by atoms with Crippen LogP contribution in [0.3, 0.4) is 0 Å². The Hall–Kier alpha value is -1.00. The predicted molar refractivity (Wildman–Crippen MR) is 79.6 cm³/mol. The molecule has 7 nitrogen and oxygen atoms in total. The average Bonchev–Trinajstić information content (AvgIpc) is 3.05. The Bertz CT molecular complexity index is 695. The van der Waals surface area contributed by atoms with Crippen molar-refractivity contribution in [3.05, 3.63) is 29.2 Å². The first kappa shape index (κ1) is 16.4. The molecule has 1 aliphatic rings. The highest BCUT2D eigenvalue weighted by Gasteiger charge is 2.39. The summed E-state index contributed by atoms with van der Waals surface area (Å²) in [5.41, 5.74) is 5.57. The second-order valence-corrected chi connectivity index (χ2v) is 7.72. The SMILES string of the molecule is Cl.NC1(c2noc(CNS(=O)(=O)c3cccs3)n2)CCC1. The van der Waals surface area contributed by atoms with Gasteiger partial charge in [-0.15, -0.1) is 23.7 Å². The van der Waals surface area contributed by atoms with Crippen molar-refractivity contribution in [1.82, 2.24) is 14.9 Å². The summed E-state index contributed by atoms with van der Waals surface area (Å²) in [5, 5.41) is 5.53. The summed E-state index contributed by atoms with van der Waals surface area (Å²) in [7, 11) is -3.52. The highest BCUT2D eigenvalue weighted by Crippen LogP contribution is 2.36. The van der Waals surface area contributed by atoms with Gasteiger partial charge in [-0.25, -0.2) is 13.1 Å². The standard InChI is InChI=1S/C11H14N4O3S2.ClH/c12-11(4-2-5-11)10-14-8(18-15-10)7-13-20(16,17)9-3-1-6-19-9;/h1,3,6,13H,2,4-5,7,12H2;1H. The lowest BCUT2D eigenvalue weighted by Gasteiger charge is -2.34. The summed E-state index contributed by atoms with van der Waals surface area (Å²) in [5.74, 6) is 0.672. The predicted octanol–water partition coefficient (Wildman–Crippen LogP) is 1.37. The summed E-state index contributed by atoms with van der Waals surface area (Å²) >= 11 is 1.15. The highest BCUT2D eigenvalue weighted by atomic mass is 35.5. The van der Waals surface area contributed by atoms with E-state index in [0.717, 1.165) is 30.6 Å². The fourth-order valence-electron chi connectivity index (χ4n) is 1.95. The maximum atomic E-state index is 11.9. The van der Waals surface area contributed by atoms with Crippen LogP contribution in [0.15, 0.2) is 26.2 Å². The number of nitrogens with two attached hydrogens (primary N) is 1. The Balaban J connectivity index is 0.00000161. The van der Waals surface area contributed by atoms with Crippen LogP contribution in [0.4, 0.5) is 0 Å². The minimum Gasteiger partial charge on any atom is -0.338 e. The molecule has 0 bridgehead atoms. The van der Waals surface area contributed by atoms with Crippen molar-refractivity contribution in [1.29, 1.82) is 0 Å². The van der Waals surface area contributed by atoms with Gasteiger partial charge in [0.25, 0.3) is 10.0 Å². The molecule has 0 saturated heterocycles. The number of thiophene rings is 1. The molecule has 2 heterocycles. The monoisotopic (exact) mass is 350 g/mol. The zero-order chi connectivity index (χ0) is 14.2. The van der Waals surface area contributed by atoms with Gasteiger partial charge in [-0.2, -0.15) is 4.98 Å². The average molecular weight is 351 g/mol. The molecular weight excluding hydrogens is 336 g/mol. The molecule has 10 heteroatoms. The second-order valence-electron chi connectivity index (χ2n) is 4.78. The van der Waals surface area contributed by atoms with Gasteiger partial charge in [0, 0.05) is 0 Å². The first-order valence-electron chi connectivity index (χ1n) is 6.15. The Morgan fingerprint density at radius 2 is 2.24 bits per heavy atom. The summed E-state index contributed by atoms with van der Waals surface area (Å²) in [6.07, 6.45) is 2.70. The third kappa shape index (κ3) is 3.27. The van der Waals surface area contributed by atoms with E-state index >= 15 is 0 Å². The Morgan fingerprint density at radius 3 is 2.81 bits per heavy atom. The number of halogens is 1. The minimum absolute atomic E-state index is 0. The minimum atomic E-state index is -3.52. The second kappa shape index (κ2) is 6.01. The fraction of sp³-hybridized carbons (Fsp3) is 0.455. The Morgan fingerprint density at radius 1 is 1.48 bits per heavy atom. The van der Waals surface area contributed by atoms with Crippen molar-refractivity contribution in [3.8, 4) is 0 Å².